The first-order valence-electron chi connectivity index (χ1n) is 6.94. The zero-order valence-corrected chi connectivity index (χ0v) is 11.7. The zero-order chi connectivity index (χ0) is 14.1. The van der Waals surface area contributed by atoms with Crippen molar-refractivity contribution >= 4 is 5.97 Å². The van der Waals surface area contributed by atoms with Crippen LogP contribution in [0.2, 0.25) is 0 Å². The number of aliphatic carboxylic acids is 1. The molecular weight excluding hydrogens is 244 g/mol. The highest BCUT2D eigenvalue weighted by Gasteiger charge is 2.16. The third kappa shape index (κ3) is 6.29. The third-order valence-corrected chi connectivity index (χ3v) is 3.04. The van der Waals surface area contributed by atoms with Crippen molar-refractivity contribution in [2.45, 2.75) is 51.9 Å². The second-order valence-electron chi connectivity index (χ2n) is 4.84. The van der Waals surface area contributed by atoms with E-state index in [9.17, 15) is 4.79 Å². The molecule has 0 aliphatic carbocycles. The summed E-state index contributed by atoms with van der Waals surface area (Å²) in [6.07, 6.45) is 9.50. The van der Waals surface area contributed by atoms with E-state index >= 15 is 0 Å². The summed E-state index contributed by atoms with van der Waals surface area (Å²) < 4.78 is 0. The average molecular weight is 268 g/mol. The molecule has 0 aromatic carbocycles. The van der Waals surface area contributed by atoms with Gasteiger partial charge in [-0.15, -0.1) is 0 Å². The lowest BCUT2D eigenvalue weighted by Crippen LogP contribution is -2.28. The lowest BCUT2D eigenvalue weighted by atomic mass is 10.1. The number of carboxylic acids is 1. The van der Waals surface area contributed by atoms with Gasteiger partial charge in [-0.3, -0.25) is 5.01 Å². The monoisotopic (exact) mass is 268 g/mol. The van der Waals surface area contributed by atoms with Crippen molar-refractivity contribution in [3.8, 4) is 0 Å². The molecule has 5 nitrogen and oxygen atoms in total. The summed E-state index contributed by atoms with van der Waals surface area (Å²) in [5, 5.41) is 10.6. The van der Waals surface area contributed by atoms with Crippen LogP contribution in [0.5, 0.6) is 0 Å². The molecule has 0 radical (unpaired) electrons. The van der Waals surface area contributed by atoms with Gasteiger partial charge in [0.15, 0.2) is 0 Å². The van der Waals surface area contributed by atoms with Gasteiger partial charge in [0.25, 0.3) is 0 Å². The maximum Gasteiger partial charge on any atom is 0.331 e. The van der Waals surface area contributed by atoms with Crippen LogP contribution < -0.4 is 5.59 Å². The molecule has 1 aliphatic rings. The first kappa shape index (κ1) is 15.6. The first-order valence-corrected chi connectivity index (χ1v) is 6.94. The van der Waals surface area contributed by atoms with E-state index in [1.165, 1.54) is 32.1 Å². The average Bonchev–Trinajstić information content (AvgIpc) is 2.81. The molecule has 5 heteroatoms. The minimum Gasteiger partial charge on any atom is -0.478 e. The number of carbonyl (C=O) groups is 1. The zero-order valence-electron chi connectivity index (χ0n) is 11.7. The van der Waals surface area contributed by atoms with Crippen LogP contribution in [0.3, 0.4) is 0 Å². The fourth-order valence-electron chi connectivity index (χ4n) is 1.88. The van der Waals surface area contributed by atoms with Gasteiger partial charge in [0, 0.05) is 18.5 Å². The minimum atomic E-state index is -0.987. The number of hydrogen-bond donors (Lipinski definition) is 2. The van der Waals surface area contributed by atoms with Crippen LogP contribution in [-0.4, -0.2) is 22.6 Å². The van der Waals surface area contributed by atoms with E-state index in [4.69, 9.17) is 9.94 Å². The molecule has 2 N–H and O–H groups in total. The van der Waals surface area contributed by atoms with Crippen LogP contribution in [0, 0.1) is 0 Å². The first-order chi connectivity index (χ1) is 9.13. The molecule has 0 bridgehead atoms. The van der Waals surface area contributed by atoms with Crippen LogP contribution in [0.4, 0.5) is 0 Å². The fraction of sp³-hybridized carbons (Fsp3) is 0.643. The molecule has 1 heterocycles. The van der Waals surface area contributed by atoms with Crippen LogP contribution in [-0.2, 0) is 9.63 Å². The van der Waals surface area contributed by atoms with Crippen molar-refractivity contribution in [1.82, 2.24) is 10.6 Å². The number of nitrogens with zero attached hydrogens (tertiary/aromatic N) is 1. The highest BCUT2D eigenvalue weighted by molar-refractivity contribution is 5.86. The van der Waals surface area contributed by atoms with Gasteiger partial charge in [-0.2, -0.15) is 0 Å². The maximum absolute atomic E-state index is 10.6. The molecule has 1 rings (SSSR count). The van der Waals surface area contributed by atoms with Crippen molar-refractivity contribution in [3.05, 3.63) is 24.1 Å². The minimum absolute atomic E-state index is 0.134. The fourth-order valence-corrected chi connectivity index (χ4v) is 1.88. The topological polar surface area (TPSA) is 61.8 Å². The molecule has 0 saturated heterocycles. The number of hydrogen-bond acceptors (Lipinski definition) is 4. The number of unbranched alkanes of at least 4 members (excludes halogenated alkanes) is 5. The van der Waals surface area contributed by atoms with Gasteiger partial charge in [-0.25, -0.2) is 4.79 Å². The second-order valence-corrected chi connectivity index (χ2v) is 4.84. The smallest absolute Gasteiger partial charge is 0.331 e. The molecule has 0 spiro atoms. The Morgan fingerprint density at radius 3 is 2.74 bits per heavy atom. The summed E-state index contributed by atoms with van der Waals surface area (Å²) in [5.74, 6) is -0.391. The van der Waals surface area contributed by atoms with Gasteiger partial charge < -0.3 is 9.94 Å². The normalized spacial score (nSPS) is 14.2. The number of hydrazine groups is 1. The standard InChI is InChI=1S/C14H24N2O3/c1-3-4-5-6-7-8-9-16-11-13(19-15-16)10-12(2)14(17)18/h11,15H,2-10H2,1H3,(H,17,18). The van der Waals surface area contributed by atoms with E-state index in [0.29, 0.717) is 5.76 Å². The summed E-state index contributed by atoms with van der Waals surface area (Å²) in [6.45, 7) is 6.56. The lowest BCUT2D eigenvalue weighted by molar-refractivity contribution is -0.132. The number of rotatable bonds is 10. The Morgan fingerprint density at radius 2 is 2.05 bits per heavy atom. The van der Waals surface area contributed by atoms with Gasteiger partial charge in [0.05, 0.1) is 6.20 Å². The number of nitrogens with one attached hydrogen (secondary N) is 1. The predicted molar refractivity (Wildman–Crippen MR) is 73.8 cm³/mol. The summed E-state index contributed by atoms with van der Waals surface area (Å²) in [5.41, 5.74) is 2.89. The highest BCUT2D eigenvalue weighted by atomic mass is 16.7. The quantitative estimate of drug-likeness (QED) is 0.471. The Bertz CT molecular complexity index is 340. The van der Waals surface area contributed by atoms with Gasteiger partial charge >= 0.3 is 5.97 Å². The van der Waals surface area contributed by atoms with Crippen molar-refractivity contribution in [2.75, 3.05) is 6.54 Å². The Morgan fingerprint density at radius 1 is 1.37 bits per heavy atom. The van der Waals surface area contributed by atoms with Crippen LogP contribution in [0.25, 0.3) is 0 Å². The van der Waals surface area contributed by atoms with Gasteiger partial charge in [-0.05, 0) is 6.42 Å². The molecule has 19 heavy (non-hydrogen) atoms. The molecule has 0 amide bonds. The Balaban J connectivity index is 2.14. The van der Waals surface area contributed by atoms with Crippen LogP contribution in [0.15, 0.2) is 24.1 Å². The summed E-state index contributed by atoms with van der Waals surface area (Å²) in [7, 11) is 0. The van der Waals surface area contributed by atoms with E-state index in [1.807, 2.05) is 5.01 Å². The van der Waals surface area contributed by atoms with Crippen molar-refractivity contribution in [1.29, 1.82) is 0 Å². The van der Waals surface area contributed by atoms with Gasteiger partial charge in [-0.1, -0.05) is 51.2 Å². The molecule has 1 aliphatic heterocycles. The molecule has 0 saturated carbocycles. The lowest BCUT2D eigenvalue weighted by Gasteiger charge is -2.12. The molecule has 0 atom stereocenters. The SMILES string of the molecule is C=C(CC1=CN(CCCCCCCC)NO1)C(=O)O. The molecule has 0 fully saturated rings. The molecule has 0 unspecified atom stereocenters. The largest absolute Gasteiger partial charge is 0.478 e. The summed E-state index contributed by atoms with van der Waals surface area (Å²) in [6, 6.07) is 0. The van der Waals surface area contributed by atoms with Crippen molar-refractivity contribution < 1.29 is 14.7 Å². The number of carboxylic acid groups (broad SMARTS) is 1. The third-order valence-electron chi connectivity index (χ3n) is 3.04. The van der Waals surface area contributed by atoms with E-state index in [-0.39, 0.29) is 12.0 Å². The second kappa shape index (κ2) is 8.58. The molecule has 108 valence electrons. The van der Waals surface area contributed by atoms with Gasteiger partial charge in [0.1, 0.15) is 5.76 Å². The van der Waals surface area contributed by atoms with Gasteiger partial charge in [0.2, 0.25) is 0 Å². The van der Waals surface area contributed by atoms with E-state index in [1.54, 1.807) is 6.20 Å². The predicted octanol–water partition coefficient (Wildman–Crippen LogP) is 2.97. The molecule has 0 aromatic rings. The number of allylic oxidation sites excluding steroid dienone is 1. The Kier molecular flexibility index (Phi) is 7.03. The highest BCUT2D eigenvalue weighted by Crippen LogP contribution is 2.16. The summed E-state index contributed by atoms with van der Waals surface area (Å²) >= 11 is 0. The van der Waals surface area contributed by atoms with E-state index < -0.39 is 5.97 Å². The van der Waals surface area contributed by atoms with Crippen LogP contribution in [0.1, 0.15) is 51.9 Å². The Labute approximate surface area is 114 Å². The van der Waals surface area contributed by atoms with Crippen LogP contribution >= 0.6 is 0 Å². The summed E-state index contributed by atoms with van der Waals surface area (Å²) in [4.78, 5) is 15.8. The maximum atomic E-state index is 10.6. The van der Waals surface area contributed by atoms with Crippen molar-refractivity contribution in [3.63, 3.8) is 0 Å². The molecular formula is C14H24N2O3. The van der Waals surface area contributed by atoms with E-state index in [2.05, 4.69) is 19.1 Å². The van der Waals surface area contributed by atoms with E-state index in [0.717, 1.165) is 13.0 Å². The molecule has 0 aromatic heterocycles. The Hall–Kier alpha value is -1.49. The van der Waals surface area contributed by atoms with Crippen molar-refractivity contribution in [2.24, 2.45) is 0 Å².